The molecule has 0 aromatic carbocycles. The number of aliphatic hydroxyl groups is 3. The van der Waals surface area contributed by atoms with Crippen molar-refractivity contribution in [1.29, 1.82) is 0 Å². The molecule has 27 heavy (non-hydrogen) atoms. The summed E-state index contributed by atoms with van der Waals surface area (Å²) in [5, 5.41) is 28.4. The molecule has 5 nitrogen and oxygen atoms in total. The number of carbonyl (C=O) groups is 2. The summed E-state index contributed by atoms with van der Waals surface area (Å²) in [4.78, 5) is 24.4. The fourth-order valence-electron chi connectivity index (χ4n) is 7.23. The lowest BCUT2D eigenvalue weighted by atomic mass is 9.46. The van der Waals surface area contributed by atoms with E-state index in [9.17, 15) is 24.9 Å². The van der Waals surface area contributed by atoms with Crippen LogP contribution in [0, 0.1) is 34.5 Å². The maximum absolute atomic E-state index is 12.5. The minimum Gasteiger partial charge on any atom is -0.337 e. The molecule has 0 aromatic rings. The molecule has 3 saturated carbocycles. The van der Waals surface area contributed by atoms with Gasteiger partial charge in [-0.05, 0) is 78.8 Å². The van der Waals surface area contributed by atoms with Crippen LogP contribution in [0.2, 0.25) is 0 Å². The lowest BCUT2D eigenvalue weighted by Gasteiger charge is -2.58. The van der Waals surface area contributed by atoms with Crippen molar-refractivity contribution in [3.8, 4) is 0 Å². The van der Waals surface area contributed by atoms with Crippen LogP contribution in [0.1, 0.15) is 58.8 Å². The van der Waals surface area contributed by atoms with E-state index in [0.717, 1.165) is 43.3 Å². The van der Waals surface area contributed by atoms with E-state index in [1.165, 1.54) is 0 Å². The quantitative estimate of drug-likeness (QED) is 0.646. The molecule has 6 atom stereocenters. The number of ketones is 2. The van der Waals surface area contributed by atoms with Gasteiger partial charge in [0, 0.05) is 12.3 Å². The third-order valence-corrected chi connectivity index (χ3v) is 8.58. The van der Waals surface area contributed by atoms with E-state index in [2.05, 4.69) is 20.4 Å². The molecule has 0 heterocycles. The average molecular weight is 374 g/mol. The highest BCUT2D eigenvalue weighted by Crippen LogP contribution is 2.67. The first-order valence-electron chi connectivity index (χ1n) is 10.1. The number of Topliss-reactive ketones (excluding diaryl/α,β-unsaturated/α-hetero) is 1. The maximum atomic E-state index is 12.5. The van der Waals surface area contributed by atoms with Crippen molar-refractivity contribution in [3.05, 3.63) is 23.8 Å². The highest BCUT2D eigenvalue weighted by molar-refractivity contribution is 5.92. The predicted octanol–water partition coefficient (Wildman–Crippen LogP) is 2.50. The van der Waals surface area contributed by atoms with E-state index in [1.807, 2.05) is 6.08 Å². The van der Waals surface area contributed by atoms with Gasteiger partial charge >= 0.3 is 5.97 Å². The van der Waals surface area contributed by atoms with Crippen molar-refractivity contribution in [2.24, 2.45) is 34.5 Å². The van der Waals surface area contributed by atoms with Gasteiger partial charge in [-0.25, -0.2) is 0 Å². The number of allylic oxidation sites excluding steroid dienone is 2. The number of hydrogen-bond donors (Lipinski definition) is 3. The van der Waals surface area contributed by atoms with Gasteiger partial charge in [0.25, 0.3) is 0 Å². The first-order chi connectivity index (χ1) is 12.5. The Kier molecular flexibility index (Phi) is 4.12. The van der Waals surface area contributed by atoms with Gasteiger partial charge < -0.3 is 15.3 Å². The van der Waals surface area contributed by atoms with Crippen LogP contribution in [0.5, 0.6) is 0 Å². The van der Waals surface area contributed by atoms with Gasteiger partial charge in [-0.1, -0.05) is 26.0 Å². The lowest BCUT2D eigenvalue weighted by Crippen LogP contribution is -2.53. The zero-order chi connectivity index (χ0) is 19.8. The van der Waals surface area contributed by atoms with E-state index in [-0.39, 0.29) is 16.6 Å². The van der Waals surface area contributed by atoms with E-state index in [0.29, 0.717) is 30.6 Å². The van der Waals surface area contributed by atoms with Gasteiger partial charge in [-0.15, -0.1) is 0 Å². The monoisotopic (exact) mass is 374 g/mol. The Bertz CT molecular complexity index is 744. The Balaban J connectivity index is 1.68. The highest BCUT2D eigenvalue weighted by Gasteiger charge is 2.62. The number of rotatable bonds is 2. The average Bonchev–Trinajstić information content (AvgIpc) is 2.92. The molecule has 3 N–H and O–H groups in total. The molecule has 0 unspecified atom stereocenters. The van der Waals surface area contributed by atoms with E-state index in [1.54, 1.807) is 0 Å². The molecule has 0 saturated heterocycles. The van der Waals surface area contributed by atoms with Crippen molar-refractivity contribution in [1.82, 2.24) is 0 Å². The van der Waals surface area contributed by atoms with Crippen LogP contribution in [0.25, 0.3) is 0 Å². The highest BCUT2D eigenvalue weighted by atomic mass is 16.7. The summed E-state index contributed by atoms with van der Waals surface area (Å²) in [6, 6.07) is 0. The Morgan fingerprint density at radius 2 is 1.85 bits per heavy atom. The zero-order valence-electron chi connectivity index (χ0n) is 16.2. The Labute approximate surface area is 160 Å². The summed E-state index contributed by atoms with van der Waals surface area (Å²) >= 11 is 0. The third kappa shape index (κ3) is 2.62. The SMILES string of the molecule is C=C1C[C@H]2[C@@H]3CC[C@H](C(=O)C(O)(O)O)[C@@]3(C)CC[C@@H]2[C@@]2(C)CCC(=O)C=C12. The second-order valence-corrected chi connectivity index (χ2v) is 9.80. The van der Waals surface area contributed by atoms with Crippen LogP contribution < -0.4 is 0 Å². The molecule has 0 aromatic heterocycles. The van der Waals surface area contributed by atoms with Crippen LogP contribution in [-0.2, 0) is 9.59 Å². The molecule has 0 radical (unpaired) electrons. The van der Waals surface area contributed by atoms with Gasteiger partial charge in [0.2, 0.25) is 5.78 Å². The van der Waals surface area contributed by atoms with Crippen molar-refractivity contribution < 1.29 is 24.9 Å². The number of fused-ring (bicyclic) bond motifs is 5. The second-order valence-electron chi connectivity index (χ2n) is 9.80. The summed E-state index contributed by atoms with van der Waals surface area (Å²) in [5.41, 5.74) is 1.81. The third-order valence-electron chi connectivity index (χ3n) is 8.58. The molecule has 4 aliphatic rings. The smallest absolute Gasteiger partial charge is 0.337 e. The Hall–Kier alpha value is -1.30. The molecular weight excluding hydrogens is 344 g/mol. The zero-order valence-corrected chi connectivity index (χ0v) is 16.2. The molecule has 3 fully saturated rings. The molecule has 148 valence electrons. The first kappa shape index (κ1) is 19.0. The molecular formula is C22H30O5. The fraction of sp³-hybridized carbons (Fsp3) is 0.727. The van der Waals surface area contributed by atoms with E-state index >= 15 is 0 Å². The molecule has 5 heteroatoms. The Morgan fingerprint density at radius 1 is 1.15 bits per heavy atom. The predicted molar refractivity (Wildman–Crippen MR) is 99.1 cm³/mol. The van der Waals surface area contributed by atoms with Crippen LogP contribution in [0.15, 0.2) is 23.8 Å². The van der Waals surface area contributed by atoms with Crippen LogP contribution in [-0.4, -0.2) is 32.9 Å². The molecule has 0 spiro atoms. The van der Waals surface area contributed by atoms with E-state index < -0.39 is 17.7 Å². The molecule has 4 aliphatic carbocycles. The molecule has 0 amide bonds. The van der Waals surface area contributed by atoms with Crippen molar-refractivity contribution in [2.75, 3.05) is 0 Å². The fourth-order valence-corrected chi connectivity index (χ4v) is 7.23. The number of hydrogen-bond acceptors (Lipinski definition) is 5. The van der Waals surface area contributed by atoms with Crippen molar-refractivity contribution in [2.45, 2.75) is 64.8 Å². The normalized spacial score (nSPS) is 44.3. The molecule has 0 bridgehead atoms. The van der Waals surface area contributed by atoms with Crippen molar-refractivity contribution >= 4 is 11.6 Å². The number of carbonyl (C=O) groups excluding carboxylic acids is 2. The first-order valence-corrected chi connectivity index (χ1v) is 10.1. The van der Waals surface area contributed by atoms with Gasteiger partial charge in [0.05, 0.1) is 0 Å². The summed E-state index contributed by atoms with van der Waals surface area (Å²) in [5.74, 6) is -3.32. The summed E-state index contributed by atoms with van der Waals surface area (Å²) in [7, 11) is 0. The summed E-state index contributed by atoms with van der Waals surface area (Å²) in [6.45, 7) is 8.64. The van der Waals surface area contributed by atoms with Crippen LogP contribution in [0.4, 0.5) is 0 Å². The van der Waals surface area contributed by atoms with Crippen molar-refractivity contribution in [3.63, 3.8) is 0 Å². The van der Waals surface area contributed by atoms with Crippen LogP contribution >= 0.6 is 0 Å². The minimum atomic E-state index is -3.25. The van der Waals surface area contributed by atoms with Gasteiger partial charge in [0.1, 0.15) is 0 Å². The maximum Gasteiger partial charge on any atom is 0.339 e. The van der Waals surface area contributed by atoms with E-state index in [4.69, 9.17) is 0 Å². The van der Waals surface area contributed by atoms with Gasteiger partial charge in [0.15, 0.2) is 5.78 Å². The van der Waals surface area contributed by atoms with Gasteiger partial charge in [-0.2, -0.15) is 0 Å². The topological polar surface area (TPSA) is 94.8 Å². The largest absolute Gasteiger partial charge is 0.339 e. The lowest BCUT2D eigenvalue weighted by molar-refractivity contribution is -0.291. The standard InChI is InChI=1S/C22H30O5/c1-12-10-14-15-4-5-17(19(24)22(25,26)27)20(15,2)9-7-16(14)21(3)8-6-13(23)11-18(12)21/h11,14-17,25-27H,1,4-10H2,2-3H3/t14-,15-,16-,17+,20-,21+/m0/s1. The van der Waals surface area contributed by atoms with Gasteiger partial charge in [-0.3, -0.25) is 9.59 Å². The molecule has 0 aliphatic heterocycles. The molecule has 4 rings (SSSR count). The van der Waals surface area contributed by atoms with Crippen LogP contribution in [0.3, 0.4) is 0 Å². The summed E-state index contributed by atoms with van der Waals surface area (Å²) in [6.07, 6.45) is 7.30. The summed E-state index contributed by atoms with van der Waals surface area (Å²) < 4.78 is 0. The Morgan fingerprint density at radius 3 is 2.52 bits per heavy atom. The second kappa shape index (κ2) is 5.85. The minimum absolute atomic E-state index is 0.0357.